The number of hydrogen-bond acceptors (Lipinski definition) is 4. The van der Waals surface area contributed by atoms with Crippen LogP contribution in [-0.4, -0.2) is 41.0 Å². The second-order valence-corrected chi connectivity index (χ2v) is 8.90. The van der Waals surface area contributed by atoms with E-state index < -0.39 is 29.7 Å². The zero-order valence-corrected chi connectivity index (χ0v) is 20.4. The molecule has 176 valence electrons. The summed E-state index contributed by atoms with van der Waals surface area (Å²) in [5.74, 6) is -0.932. The number of carbonyl (C=O) groups is 3. The van der Waals surface area contributed by atoms with E-state index in [2.05, 4.69) is 23.6 Å². The largest absolute Gasteiger partial charge is 0.444 e. The molecule has 0 heterocycles. The van der Waals surface area contributed by atoms with Gasteiger partial charge in [0.1, 0.15) is 17.7 Å². The van der Waals surface area contributed by atoms with Crippen LogP contribution in [0.4, 0.5) is 4.79 Å². The highest BCUT2D eigenvalue weighted by atomic mass is 16.6. The number of nitrogens with zero attached hydrogens (tertiary/aromatic N) is 1. The lowest BCUT2D eigenvalue weighted by Gasteiger charge is -2.30. The molecule has 0 aliphatic rings. The van der Waals surface area contributed by atoms with E-state index in [1.165, 1.54) is 6.92 Å². The molecule has 32 heavy (non-hydrogen) atoms. The van der Waals surface area contributed by atoms with Crippen molar-refractivity contribution in [2.75, 3.05) is 6.54 Å². The molecule has 0 aliphatic heterocycles. The number of benzene rings is 1. The summed E-state index contributed by atoms with van der Waals surface area (Å²) in [7, 11) is 0. The van der Waals surface area contributed by atoms with Gasteiger partial charge in [0.15, 0.2) is 0 Å². The van der Waals surface area contributed by atoms with E-state index in [0.717, 1.165) is 35.3 Å². The maximum Gasteiger partial charge on any atom is 0.408 e. The fourth-order valence-electron chi connectivity index (χ4n) is 3.17. The van der Waals surface area contributed by atoms with E-state index in [9.17, 15) is 14.4 Å². The van der Waals surface area contributed by atoms with Gasteiger partial charge < -0.3 is 15.4 Å². The van der Waals surface area contributed by atoms with Crippen molar-refractivity contribution in [2.45, 2.75) is 85.4 Å². The summed E-state index contributed by atoms with van der Waals surface area (Å²) in [5, 5.41) is 5.41. The third kappa shape index (κ3) is 7.92. The minimum absolute atomic E-state index is 0.356. The van der Waals surface area contributed by atoms with Crippen molar-refractivity contribution < 1.29 is 19.1 Å². The zero-order valence-electron chi connectivity index (χ0n) is 20.4. The molecule has 7 heteroatoms. The Morgan fingerprint density at radius 1 is 1.19 bits per heavy atom. The summed E-state index contributed by atoms with van der Waals surface area (Å²) < 4.78 is 5.22. The Bertz CT molecular complexity index is 852. The van der Waals surface area contributed by atoms with E-state index in [1.807, 2.05) is 26.0 Å². The van der Waals surface area contributed by atoms with Gasteiger partial charge in [-0.05, 0) is 64.7 Å². The van der Waals surface area contributed by atoms with E-state index in [1.54, 1.807) is 26.8 Å². The van der Waals surface area contributed by atoms with Crippen molar-refractivity contribution >= 4 is 17.9 Å². The number of carbonyl (C=O) groups excluding carboxylic acids is 3. The second kappa shape index (κ2) is 12.1. The molecule has 0 bridgehead atoms. The van der Waals surface area contributed by atoms with Crippen LogP contribution in [0.2, 0.25) is 0 Å². The summed E-state index contributed by atoms with van der Waals surface area (Å²) in [6.07, 6.45) is 7.83. The minimum Gasteiger partial charge on any atom is -0.444 e. The molecule has 2 atom stereocenters. The molecule has 7 nitrogen and oxygen atoms in total. The number of aryl methyl sites for hydroxylation is 1. The minimum atomic E-state index is -1.02. The lowest BCUT2D eigenvalue weighted by Crippen LogP contribution is -2.50. The van der Waals surface area contributed by atoms with Crippen LogP contribution in [0.15, 0.2) is 18.2 Å². The fraction of sp³-hybridized carbons (Fsp3) is 0.560. The lowest BCUT2D eigenvalue weighted by molar-refractivity contribution is -0.138. The number of rotatable bonds is 9. The first-order valence-corrected chi connectivity index (χ1v) is 11.1. The number of unbranched alkanes of at least 4 members (excludes halogenated alkanes) is 2. The Kier molecular flexibility index (Phi) is 10.2. The molecule has 1 aromatic rings. The number of terminal acetylenes is 1. The van der Waals surface area contributed by atoms with Gasteiger partial charge in [-0.2, -0.15) is 0 Å². The smallest absolute Gasteiger partial charge is 0.408 e. The maximum atomic E-state index is 13.2. The van der Waals surface area contributed by atoms with E-state index in [-0.39, 0.29) is 5.91 Å². The van der Waals surface area contributed by atoms with Crippen molar-refractivity contribution in [2.24, 2.45) is 0 Å². The first-order valence-electron chi connectivity index (χ1n) is 11.1. The highest BCUT2D eigenvalue weighted by molar-refractivity contribution is 5.93. The molecule has 0 aromatic heterocycles. The van der Waals surface area contributed by atoms with Gasteiger partial charge in [-0.1, -0.05) is 44.4 Å². The fourth-order valence-corrected chi connectivity index (χ4v) is 3.17. The summed E-state index contributed by atoms with van der Waals surface area (Å²) in [6, 6.07) is 5.92. The molecule has 1 rings (SSSR count). The van der Waals surface area contributed by atoms with Gasteiger partial charge in [0.05, 0.1) is 0 Å². The number of amides is 3. The van der Waals surface area contributed by atoms with Gasteiger partial charge in [0.2, 0.25) is 5.91 Å². The highest BCUT2D eigenvalue weighted by Gasteiger charge is 2.35. The van der Waals surface area contributed by atoms with E-state index in [0.29, 0.717) is 12.1 Å². The predicted molar refractivity (Wildman–Crippen MR) is 126 cm³/mol. The van der Waals surface area contributed by atoms with Gasteiger partial charge >= 0.3 is 6.09 Å². The molecule has 0 fully saturated rings. The maximum absolute atomic E-state index is 13.2. The van der Waals surface area contributed by atoms with Crippen molar-refractivity contribution in [3.05, 3.63) is 34.9 Å². The van der Waals surface area contributed by atoms with Crippen LogP contribution < -0.4 is 10.6 Å². The summed E-state index contributed by atoms with van der Waals surface area (Å²) in [6.45, 7) is 13.1. The van der Waals surface area contributed by atoms with Crippen molar-refractivity contribution in [3.8, 4) is 12.5 Å². The monoisotopic (exact) mass is 443 g/mol. The third-order valence-corrected chi connectivity index (χ3v) is 5.01. The van der Waals surface area contributed by atoms with Crippen LogP contribution in [0, 0.1) is 26.3 Å². The Balaban J connectivity index is 3.20. The Labute approximate surface area is 192 Å². The van der Waals surface area contributed by atoms with Crippen molar-refractivity contribution in [3.63, 3.8) is 0 Å². The molecule has 1 aromatic carbocycles. The summed E-state index contributed by atoms with van der Waals surface area (Å²) in [4.78, 5) is 39.6. The van der Waals surface area contributed by atoms with Gasteiger partial charge in [-0.15, -0.1) is 0 Å². The molecular formula is C25H37N3O4. The average Bonchev–Trinajstić information content (AvgIpc) is 2.69. The van der Waals surface area contributed by atoms with E-state index >= 15 is 0 Å². The van der Waals surface area contributed by atoms with Crippen LogP contribution in [0.5, 0.6) is 0 Å². The highest BCUT2D eigenvalue weighted by Crippen LogP contribution is 2.26. The van der Waals surface area contributed by atoms with Crippen LogP contribution in [0.3, 0.4) is 0 Å². The summed E-state index contributed by atoms with van der Waals surface area (Å²) >= 11 is 0. The molecule has 0 saturated heterocycles. The third-order valence-electron chi connectivity index (χ3n) is 5.01. The second-order valence-electron chi connectivity index (χ2n) is 8.90. The zero-order chi connectivity index (χ0) is 24.5. The molecule has 0 aliphatic carbocycles. The predicted octanol–water partition coefficient (Wildman–Crippen LogP) is 3.98. The number of nitrogens with one attached hydrogen (secondary N) is 2. The molecule has 0 saturated carbocycles. The number of ether oxygens (including phenoxy) is 1. The van der Waals surface area contributed by atoms with Gasteiger partial charge in [0.25, 0.3) is 5.91 Å². The van der Waals surface area contributed by atoms with E-state index in [4.69, 9.17) is 11.2 Å². The van der Waals surface area contributed by atoms with Gasteiger partial charge in [0, 0.05) is 12.6 Å². The first-order chi connectivity index (χ1) is 14.9. The number of alkyl carbamates (subject to hydrolysis) is 1. The topological polar surface area (TPSA) is 87.7 Å². The SMILES string of the molecule is C#CN(C(=O)C(C)NC(=O)OC(C)(C)C)C(C(=O)NCCCCC)c1cccc(C)c1C. The standard InChI is InChI=1S/C25H37N3O4/c1-9-11-12-16-26-22(29)21(20-15-13-14-17(3)18(20)4)28(10-2)23(30)19(5)27-24(31)32-25(6,7)8/h2,13-15,19,21H,9,11-12,16H2,1,3-8H3,(H,26,29)(H,27,31). The normalized spacial score (nSPS) is 12.8. The van der Waals surface area contributed by atoms with Crippen LogP contribution >= 0.6 is 0 Å². The first kappa shape index (κ1) is 27.0. The molecule has 2 unspecified atom stereocenters. The van der Waals surface area contributed by atoms with Crippen LogP contribution in [0.1, 0.15) is 76.6 Å². The van der Waals surface area contributed by atoms with Crippen molar-refractivity contribution in [1.82, 2.24) is 15.5 Å². The number of hydrogen-bond donors (Lipinski definition) is 2. The Morgan fingerprint density at radius 2 is 1.84 bits per heavy atom. The molecule has 0 spiro atoms. The molecule has 3 amide bonds. The van der Waals surface area contributed by atoms with Crippen molar-refractivity contribution in [1.29, 1.82) is 0 Å². The van der Waals surface area contributed by atoms with Gasteiger partial charge in [-0.25, -0.2) is 4.79 Å². The summed E-state index contributed by atoms with van der Waals surface area (Å²) in [5.41, 5.74) is 1.80. The lowest BCUT2D eigenvalue weighted by atomic mass is 9.95. The quantitative estimate of drug-likeness (QED) is 0.343. The Hall–Kier alpha value is -3.01. The average molecular weight is 444 g/mol. The molecular weight excluding hydrogens is 406 g/mol. The van der Waals surface area contributed by atoms with Crippen LogP contribution in [-0.2, 0) is 14.3 Å². The molecule has 0 radical (unpaired) electrons. The molecule has 2 N–H and O–H groups in total. The van der Waals surface area contributed by atoms with Gasteiger partial charge in [-0.3, -0.25) is 14.5 Å². The Morgan fingerprint density at radius 3 is 2.41 bits per heavy atom. The van der Waals surface area contributed by atoms with Crippen LogP contribution in [0.25, 0.3) is 0 Å².